The highest BCUT2D eigenvalue weighted by Crippen LogP contribution is 2.22. The number of rotatable bonds is 4. The highest BCUT2D eigenvalue weighted by atomic mass is 16.1. The molecule has 1 aromatic carbocycles. The molecule has 5 nitrogen and oxygen atoms in total. The molecular formula is C20H26N4O. The maximum atomic E-state index is 12.4. The molecule has 0 bridgehead atoms. The Kier molecular flexibility index (Phi) is 5.64. The SMILES string of the molecule is Cc1cccc(C)c1Nc1ncc(C(=O)NC2CCCCCC2)cn1. The minimum Gasteiger partial charge on any atom is -0.349 e. The van der Waals surface area contributed by atoms with Crippen LogP contribution in [0.1, 0.15) is 60.0 Å². The van der Waals surface area contributed by atoms with Gasteiger partial charge in [0.2, 0.25) is 5.95 Å². The average Bonchev–Trinajstić information content (AvgIpc) is 2.87. The van der Waals surface area contributed by atoms with Gasteiger partial charge in [-0.2, -0.15) is 0 Å². The van der Waals surface area contributed by atoms with Crippen molar-refractivity contribution < 1.29 is 4.79 Å². The van der Waals surface area contributed by atoms with Crippen molar-refractivity contribution in [1.29, 1.82) is 0 Å². The van der Waals surface area contributed by atoms with Crippen molar-refractivity contribution in [1.82, 2.24) is 15.3 Å². The first-order valence-corrected chi connectivity index (χ1v) is 9.09. The lowest BCUT2D eigenvalue weighted by molar-refractivity contribution is 0.0932. The number of aromatic nitrogens is 2. The van der Waals surface area contributed by atoms with E-state index < -0.39 is 0 Å². The third kappa shape index (κ3) is 4.56. The van der Waals surface area contributed by atoms with Gasteiger partial charge >= 0.3 is 0 Å². The quantitative estimate of drug-likeness (QED) is 0.816. The van der Waals surface area contributed by atoms with Crippen molar-refractivity contribution in [3.8, 4) is 0 Å². The first-order valence-electron chi connectivity index (χ1n) is 9.09. The normalized spacial score (nSPS) is 15.4. The van der Waals surface area contributed by atoms with Gasteiger partial charge in [-0.1, -0.05) is 43.9 Å². The fourth-order valence-corrected chi connectivity index (χ4v) is 3.33. The third-order valence-electron chi connectivity index (χ3n) is 4.82. The zero-order valence-corrected chi connectivity index (χ0v) is 15.0. The topological polar surface area (TPSA) is 66.9 Å². The number of aryl methyl sites for hydroxylation is 2. The Bertz CT molecular complexity index is 699. The van der Waals surface area contributed by atoms with E-state index in [0.29, 0.717) is 11.5 Å². The molecule has 25 heavy (non-hydrogen) atoms. The van der Waals surface area contributed by atoms with Crippen LogP contribution in [0.5, 0.6) is 0 Å². The summed E-state index contributed by atoms with van der Waals surface area (Å²) >= 11 is 0. The van der Waals surface area contributed by atoms with Gasteiger partial charge in [0.1, 0.15) is 0 Å². The number of amides is 1. The Hall–Kier alpha value is -2.43. The first kappa shape index (κ1) is 17.4. The fourth-order valence-electron chi connectivity index (χ4n) is 3.33. The molecule has 0 unspecified atom stereocenters. The zero-order chi connectivity index (χ0) is 17.6. The molecule has 1 aliphatic carbocycles. The van der Waals surface area contributed by atoms with E-state index >= 15 is 0 Å². The monoisotopic (exact) mass is 338 g/mol. The summed E-state index contributed by atoms with van der Waals surface area (Å²) in [7, 11) is 0. The molecule has 0 aliphatic heterocycles. The summed E-state index contributed by atoms with van der Waals surface area (Å²) < 4.78 is 0. The van der Waals surface area contributed by atoms with Crippen LogP contribution >= 0.6 is 0 Å². The number of para-hydroxylation sites is 1. The summed E-state index contributed by atoms with van der Waals surface area (Å²) in [6.07, 6.45) is 10.3. The van der Waals surface area contributed by atoms with Crippen molar-refractivity contribution in [2.45, 2.75) is 58.4 Å². The Labute approximate surface area is 149 Å². The molecule has 1 heterocycles. The summed E-state index contributed by atoms with van der Waals surface area (Å²) in [6.45, 7) is 4.09. The Morgan fingerprint density at radius 3 is 2.20 bits per heavy atom. The van der Waals surface area contributed by atoms with E-state index in [4.69, 9.17) is 0 Å². The van der Waals surface area contributed by atoms with Crippen LogP contribution in [0.25, 0.3) is 0 Å². The molecule has 2 N–H and O–H groups in total. The summed E-state index contributed by atoms with van der Waals surface area (Å²) in [4.78, 5) is 21.0. The lowest BCUT2D eigenvalue weighted by Crippen LogP contribution is -2.34. The summed E-state index contributed by atoms with van der Waals surface area (Å²) in [5, 5.41) is 6.37. The number of nitrogens with zero attached hydrogens (tertiary/aromatic N) is 2. The fraction of sp³-hybridized carbons (Fsp3) is 0.450. The molecule has 1 fully saturated rings. The molecule has 1 aliphatic rings. The van der Waals surface area contributed by atoms with E-state index in [9.17, 15) is 4.79 Å². The van der Waals surface area contributed by atoms with E-state index in [-0.39, 0.29) is 11.9 Å². The lowest BCUT2D eigenvalue weighted by Gasteiger charge is -2.16. The number of carbonyl (C=O) groups is 1. The number of anilines is 2. The first-order chi connectivity index (χ1) is 12.1. The zero-order valence-electron chi connectivity index (χ0n) is 15.0. The van der Waals surface area contributed by atoms with Crippen LogP contribution in [0.4, 0.5) is 11.6 Å². The molecule has 0 spiro atoms. The van der Waals surface area contributed by atoms with Crippen molar-refractivity contribution >= 4 is 17.5 Å². The maximum Gasteiger partial charge on any atom is 0.254 e. The Balaban J connectivity index is 1.64. The van der Waals surface area contributed by atoms with Crippen LogP contribution < -0.4 is 10.6 Å². The van der Waals surface area contributed by atoms with Gasteiger partial charge in [-0.25, -0.2) is 9.97 Å². The highest BCUT2D eigenvalue weighted by molar-refractivity contribution is 5.93. The van der Waals surface area contributed by atoms with Gasteiger partial charge in [-0.3, -0.25) is 4.79 Å². The second-order valence-corrected chi connectivity index (χ2v) is 6.85. The lowest BCUT2D eigenvalue weighted by atomic mass is 10.1. The molecule has 2 aromatic rings. The molecule has 5 heteroatoms. The van der Waals surface area contributed by atoms with Crippen LogP contribution in [0.15, 0.2) is 30.6 Å². The molecule has 0 radical (unpaired) electrons. The number of benzene rings is 1. The number of carbonyl (C=O) groups excluding carboxylic acids is 1. The highest BCUT2D eigenvalue weighted by Gasteiger charge is 2.16. The van der Waals surface area contributed by atoms with Gasteiger partial charge in [0.05, 0.1) is 5.56 Å². The summed E-state index contributed by atoms with van der Waals surface area (Å²) in [5.74, 6) is 0.425. The molecule has 1 saturated carbocycles. The molecule has 132 valence electrons. The molecule has 1 amide bonds. The largest absolute Gasteiger partial charge is 0.349 e. The van der Waals surface area contributed by atoms with E-state index in [1.165, 1.54) is 25.7 Å². The molecular weight excluding hydrogens is 312 g/mol. The van der Waals surface area contributed by atoms with Crippen molar-refractivity contribution in [2.24, 2.45) is 0 Å². The average molecular weight is 338 g/mol. The van der Waals surface area contributed by atoms with Crippen LogP contribution in [-0.2, 0) is 0 Å². The minimum absolute atomic E-state index is 0.0782. The standard InChI is InChI=1S/C20H26N4O/c1-14-8-7-9-15(2)18(14)24-20-21-12-16(13-22-20)19(25)23-17-10-5-3-4-6-11-17/h7-9,12-13,17H,3-6,10-11H2,1-2H3,(H,23,25)(H,21,22,24). The van der Waals surface area contributed by atoms with E-state index in [2.05, 4.69) is 20.6 Å². The molecule has 1 aromatic heterocycles. The Morgan fingerprint density at radius 1 is 1.00 bits per heavy atom. The summed E-state index contributed by atoms with van der Waals surface area (Å²) in [5.41, 5.74) is 3.80. The Morgan fingerprint density at radius 2 is 1.60 bits per heavy atom. The van der Waals surface area contributed by atoms with E-state index in [0.717, 1.165) is 29.7 Å². The van der Waals surface area contributed by atoms with Gasteiger partial charge in [0, 0.05) is 24.1 Å². The number of hydrogen-bond acceptors (Lipinski definition) is 4. The molecule has 3 rings (SSSR count). The predicted molar refractivity (Wildman–Crippen MR) is 100 cm³/mol. The van der Waals surface area contributed by atoms with Crippen LogP contribution in [0, 0.1) is 13.8 Å². The molecule has 0 atom stereocenters. The van der Waals surface area contributed by atoms with Crippen molar-refractivity contribution in [3.63, 3.8) is 0 Å². The second-order valence-electron chi connectivity index (χ2n) is 6.85. The molecule has 0 saturated heterocycles. The van der Waals surface area contributed by atoms with Crippen molar-refractivity contribution in [3.05, 3.63) is 47.3 Å². The van der Waals surface area contributed by atoms with Crippen molar-refractivity contribution in [2.75, 3.05) is 5.32 Å². The van der Waals surface area contributed by atoms with E-state index in [1.807, 2.05) is 32.0 Å². The minimum atomic E-state index is -0.0782. The van der Waals surface area contributed by atoms with Crippen LogP contribution in [0.3, 0.4) is 0 Å². The number of hydrogen-bond donors (Lipinski definition) is 2. The van der Waals surface area contributed by atoms with Gasteiger partial charge in [0.25, 0.3) is 5.91 Å². The van der Waals surface area contributed by atoms with Crippen LogP contribution in [0.2, 0.25) is 0 Å². The van der Waals surface area contributed by atoms with Gasteiger partial charge in [-0.15, -0.1) is 0 Å². The predicted octanol–water partition coefficient (Wildman–Crippen LogP) is 4.29. The van der Waals surface area contributed by atoms with E-state index in [1.54, 1.807) is 12.4 Å². The third-order valence-corrected chi connectivity index (χ3v) is 4.82. The van der Waals surface area contributed by atoms with Gasteiger partial charge < -0.3 is 10.6 Å². The summed E-state index contributed by atoms with van der Waals surface area (Å²) in [6, 6.07) is 6.40. The second kappa shape index (κ2) is 8.10. The number of nitrogens with one attached hydrogen (secondary N) is 2. The van der Waals surface area contributed by atoms with Gasteiger partial charge in [-0.05, 0) is 37.8 Å². The maximum absolute atomic E-state index is 12.4. The smallest absolute Gasteiger partial charge is 0.254 e. The van der Waals surface area contributed by atoms with Crippen LogP contribution in [-0.4, -0.2) is 21.9 Å². The van der Waals surface area contributed by atoms with Gasteiger partial charge in [0.15, 0.2) is 0 Å².